The van der Waals surface area contributed by atoms with Crippen LogP contribution in [0.1, 0.15) is 32.4 Å². The Morgan fingerprint density at radius 2 is 1.83 bits per heavy atom. The molecule has 3 rings (SSSR count). The first-order valence-corrected chi connectivity index (χ1v) is 7.82. The van der Waals surface area contributed by atoms with Crippen LogP contribution in [-0.4, -0.2) is 36.0 Å². The van der Waals surface area contributed by atoms with Gasteiger partial charge in [0, 0.05) is 13.0 Å². The first-order valence-electron chi connectivity index (χ1n) is 7.82. The molecule has 0 unspecified atom stereocenters. The molecule has 2 heterocycles. The number of carbonyl (C=O) groups is 2. The Morgan fingerprint density at radius 3 is 2.50 bits per heavy atom. The van der Waals surface area contributed by atoms with E-state index in [1.54, 1.807) is 13.8 Å². The number of hydrogen-bond acceptors (Lipinski definition) is 6. The number of rotatable bonds is 3. The molecule has 0 amide bonds. The molecule has 0 aromatic heterocycles. The average Bonchev–Trinajstić information content (AvgIpc) is 2.85. The van der Waals surface area contributed by atoms with Crippen molar-refractivity contribution < 1.29 is 28.5 Å². The van der Waals surface area contributed by atoms with Crippen LogP contribution in [0.15, 0.2) is 42.5 Å². The number of hydrogen-bond donors (Lipinski definition) is 0. The van der Waals surface area contributed by atoms with Gasteiger partial charge >= 0.3 is 11.9 Å². The molecule has 1 aromatic carbocycles. The molecule has 6 nitrogen and oxygen atoms in total. The maximum Gasteiger partial charge on any atom is 0.331 e. The molecule has 0 aliphatic carbocycles. The first-order chi connectivity index (χ1) is 11.4. The summed E-state index contributed by atoms with van der Waals surface area (Å²) in [5.41, 5.74) is 0.903. The van der Waals surface area contributed by atoms with Crippen LogP contribution in [0, 0.1) is 0 Å². The molecule has 1 saturated heterocycles. The van der Waals surface area contributed by atoms with E-state index in [0.29, 0.717) is 0 Å². The van der Waals surface area contributed by atoms with Crippen LogP contribution in [0.5, 0.6) is 0 Å². The highest BCUT2D eigenvalue weighted by Crippen LogP contribution is 2.41. The van der Waals surface area contributed by atoms with Crippen LogP contribution < -0.4 is 0 Å². The second-order valence-corrected chi connectivity index (χ2v) is 6.27. The van der Waals surface area contributed by atoms with Crippen LogP contribution in [0.2, 0.25) is 0 Å². The van der Waals surface area contributed by atoms with E-state index in [0.717, 1.165) is 5.56 Å². The van der Waals surface area contributed by atoms with Crippen LogP contribution in [-0.2, 0) is 28.5 Å². The summed E-state index contributed by atoms with van der Waals surface area (Å²) in [6.07, 6.45) is 0.244. The molecule has 1 aromatic rings. The summed E-state index contributed by atoms with van der Waals surface area (Å²) in [7, 11) is 0. The van der Waals surface area contributed by atoms with Crippen molar-refractivity contribution in [1.82, 2.24) is 0 Å². The molecule has 0 bridgehead atoms. The zero-order valence-electron chi connectivity index (χ0n) is 13.8. The smallest absolute Gasteiger partial charge is 0.331 e. The molecule has 4 atom stereocenters. The molecule has 0 N–H and O–H groups in total. The summed E-state index contributed by atoms with van der Waals surface area (Å²) >= 11 is 0. The molecule has 0 radical (unpaired) electrons. The predicted octanol–water partition coefficient (Wildman–Crippen LogP) is 2.29. The average molecular weight is 332 g/mol. The minimum atomic E-state index is -0.848. The molecule has 24 heavy (non-hydrogen) atoms. The Kier molecular flexibility index (Phi) is 4.43. The lowest BCUT2D eigenvalue weighted by molar-refractivity contribution is -0.184. The lowest BCUT2D eigenvalue weighted by Gasteiger charge is -2.32. The minimum Gasteiger partial charge on any atom is -0.454 e. The number of benzene rings is 1. The van der Waals surface area contributed by atoms with E-state index in [4.69, 9.17) is 18.9 Å². The number of ether oxygens (including phenoxy) is 4. The third kappa shape index (κ3) is 3.49. The van der Waals surface area contributed by atoms with Gasteiger partial charge in [-0.05, 0) is 25.5 Å². The largest absolute Gasteiger partial charge is 0.454 e. The molecule has 0 saturated carbocycles. The van der Waals surface area contributed by atoms with Crippen molar-refractivity contribution in [3.63, 3.8) is 0 Å². The summed E-state index contributed by atoms with van der Waals surface area (Å²) in [5, 5.41) is 0. The lowest BCUT2D eigenvalue weighted by atomic mass is 9.96. The van der Waals surface area contributed by atoms with E-state index >= 15 is 0 Å². The summed E-state index contributed by atoms with van der Waals surface area (Å²) < 4.78 is 22.7. The van der Waals surface area contributed by atoms with Gasteiger partial charge in [0.05, 0.1) is 0 Å². The lowest BCUT2D eigenvalue weighted by Crippen LogP contribution is -2.46. The predicted molar refractivity (Wildman–Crippen MR) is 83.8 cm³/mol. The fraction of sp³-hybridized carbons (Fsp3) is 0.444. The van der Waals surface area contributed by atoms with Crippen molar-refractivity contribution in [3.05, 3.63) is 48.0 Å². The Bertz CT molecular complexity index is 651. The quantitative estimate of drug-likeness (QED) is 0.791. The number of carbonyl (C=O) groups excluding carboxylic acids is 2. The van der Waals surface area contributed by atoms with Crippen molar-refractivity contribution in [1.29, 1.82) is 0 Å². The Morgan fingerprint density at radius 1 is 1.12 bits per heavy atom. The molecule has 128 valence electrons. The highest BCUT2D eigenvalue weighted by molar-refractivity contribution is 5.83. The van der Waals surface area contributed by atoms with E-state index in [1.807, 2.05) is 30.3 Å². The monoisotopic (exact) mass is 332 g/mol. The number of esters is 2. The van der Waals surface area contributed by atoms with Crippen LogP contribution in [0.4, 0.5) is 0 Å². The third-order valence-corrected chi connectivity index (χ3v) is 3.88. The molecule has 1 fully saturated rings. The zero-order valence-corrected chi connectivity index (χ0v) is 13.8. The van der Waals surface area contributed by atoms with Gasteiger partial charge in [-0.25, -0.2) is 4.79 Å². The van der Waals surface area contributed by atoms with Crippen LogP contribution in [0.3, 0.4) is 0 Å². The van der Waals surface area contributed by atoms with Gasteiger partial charge in [-0.15, -0.1) is 0 Å². The fourth-order valence-electron chi connectivity index (χ4n) is 3.01. The molecule has 6 heteroatoms. The highest BCUT2D eigenvalue weighted by atomic mass is 16.8. The van der Waals surface area contributed by atoms with Gasteiger partial charge in [-0.3, -0.25) is 4.79 Å². The Labute approximate surface area is 140 Å². The maximum atomic E-state index is 11.7. The molecular formula is C18H20O6. The van der Waals surface area contributed by atoms with E-state index in [9.17, 15) is 9.59 Å². The van der Waals surface area contributed by atoms with Gasteiger partial charge in [0.1, 0.15) is 12.2 Å². The fourth-order valence-corrected chi connectivity index (χ4v) is 3.01. The highest BCUT2D eigenvalue weighted by Gasteiger charge is 2.50. The summed E-state index contributed by atoms with van der Waals surface area (Å²) in [4.78, 5) is 23.1. The molecule has 2 aliphatic heterocycles. The normalized spacial score (nSPS) is 31.5. The molecule has 0 spiro atoms. The third-order valence-electron chi connectivity index (χ3n) is 3.88. The van der Waals surface area contributed by atoms with E-state index in [1.165, 1.54) is 19.1 Å². The second kappa shape index (κ2) is 6.37. The van der Waals surface area contributed by atoms with Crippen molar-refractivity contribution in [3.8, 4) is 0 Å². The van der Waals surface area contributed by atoms with E-state index in [2.05, 4.69) is 0 Å². The Balaban J connectivity index is 1.92. The second-order valence-electron chi connectivity index (χ2n) is 6.27. The van der Waals surface area contributed by atoms with Crippen molar-refractivity contribution in [2.24, 2.45) is 0 Å². The minimum absolute atomic E-state index is 0.441. The van der Waals surface area contributed by atoms with Crippen LogP contribution >= 0.6 is 0 Å². The standard InChI is InChI=1S/C18H20O6/c1-11(19)21-13-9-10-14(20)22-16(13)17-15(23-18(2,3)24-17)12-7-5-4-6-8-12/h4-10,13,15-17H,1-3H3/t13-,15+,16+,17-/m0/s1. The van der Waals surface area contributed by atoms with Gasteiger partial charge in [0.2, 0.25) is 0 Å². The summed E-state index contributed by atoms with van der Waals surface area (Å²) in [5.74, 6) is -1.80. The van der Waals surface area contributed by atoms with Gasteiger partial charge < -0.3 is 18.9 Å². The first kappa shape index (κ1) is 16.7. The van der Waals surface area contributed by atoms with Crippen molar-refractivity contribution in [2.45, 2.75) is 51.0 Å². The zero-order chi connectivity index (χ0) is 17.3. The van der Waals surface area contributed by atoms with Crippen molar-refractivity contribution >= 4 is 11.9 Å². The van der Waals surface area contributed by atoms with E-state index < -0.39 is 42.1 Å². The summed E-state index contributed by atoms with van der Waals surface area (Å²) in [6, 6.07) is 9.55. The van der Waals surface area contributed by atoms with Gasteiger partial charge in [0.15, 0.2) is 18.0 Å². The topological polar surface area (TPSA) is 71.1 Å². The Hall–Kier alpha value is -2.18. The van der Waals surface area contributed by atoms with Crippen molar-refractivity contribution in [2.75, 3.05) is 0 Å². The van der Waals surface area contributed by atoms with E-state index in [-0.39, 0.29) is 0 Å². The summed E-state index contributed by atoms with van der Waals surface area (Å²) in [6.45, 7) is 4.90. The van der Waals surface area contributed by atoms with Crippen LogP contribution in [0.25, 0.3) is 0 Å². The van der Waals surface area contributed by atoms with Gasteiger partial charge in [0.25, 0.3) is 0 Å². The molecule has 2 aliphatic rings. The maximum absolute atomic E-state index is 11.7. The van der Waals surface area contributed by atoms with Gasteiger partial charge in [-0.1, -0.05) is 30.3 Å². The van der Waals surface area contributed by atoms with Gasteiger partial charge in [-0.2, -0.15) is 0 Å². The SMILES string of the molecule is CC(=O)O[C@H]1C=CC(=O)O[C@H]1[C@H]1OC(C)(C)O[C@@H]1c1ccccc1. The number of cyclic esters (lactones) is 1. The molecular weight excluding hydrogens is 312 g/mol.